The Balaban J connectivity index is 1.66. The number of pyridine rings is 1. The van der Waals surface area contributed by atoms with Gasteiger partial charge in [0, 0.05) is 24.4 Å². The van der Waals surface area contributed by atoms with Gasteiger partial charge in [-0.2, -0.15) is 13.2 Å². The van der Waals surface area contributed by atoms with E-state index in [1.807, 2.05) is 0 Å². The topological polar surface area (TPSA) is 78.1 Å². The summed E-state index contributed by atoms with van der Waals surface area (Å²) < 4.78 is 78.8. The van der Waals surface area contributed by atoms with Crippen molar-refractivity contribution < 1.29 is 35.9 Å². The molecular weight excluding hydrogens is 406 g/mol. The maximum absolute atomic E-state index is 14.0. The molecule has 3 rings (SSSR count). The van der Waals surface area contributed by atoms with Crippen molar-refractivity contribution in [1.82, 2.24) is 20.2 Å². The Morgan fingerprint density at radius 1 is 1.31 bits per heavy atom. The number of carbonyl (C=O) groups excluding carboxylic acids is 2. The third kappa shape index (κ3) is 4.30. The smallest absolute Gasteiger partial charge is 0.349 e. The lowest BCUT2D eigenvalue weighted by molar-refractivity contribution is -0.143. The van der Waals surface area contributed by atoms with Crippen LogP contribution in [0.15, 0.2) is 12.3 Å². The number of aromatic amines is 1. The van der Waals surface area contributed by atoms with E-state index < -0.39 is 53.3 Å². The van der Waals surface area contributed by atoms with Gasteiger partial charge in [-0.05, 0) is 19.4 Å². The van der Waals surface area contributed by atoms with E-state index in [9.17, 15) is 35.9 Å². The molecule has 2 N–H and O–H groups in total. The summed E-state index contributed by atoms with van der Waals surface area (Å²) in [7, 11) is 0. The highest BCUT2D eigenvalue weighted by molar-refractivity contribution is 5.99. The molecule has 2 aromatic heterocycles. The summed E-state index contributed by atoms with van der Waals surface area (Å²) >= 11 is 0. The van der Waals surface area contributed by atoms with Gasteiger partial charge in [-0.15, -0.1) is 0 Å². The van der Waals surface area contributed by atoms with Crippen molar-refractivity contribution in [3.8, 4) is 0 Å². The molecule has 0 spiro atoms. The highest BCUT2D eigenvalue weighted by Crippen LogP contribution is 2.33. The molecular formula is C17H16F6N4O2. The SMILES string of the molecule is CC(F)(F)C1CCN(C(=O)CNC(=O)c2cc3c(F)c(C(F)(F)F)ncc3[nH]2)C1. The van der Waals surface area contributed by atoms with Crippen LogP contribution in [-0.4, -0.2) is 52.2 Å². The van der Waals surface area contributed by atoms with Gasteiger partial charge < -0.3 is 15.2 Å². The second-order valence-electron chi connectivity index (χ2n) is 6.89. The first-order valence-corrected chi connectivity index (χ1v) is 8.56. The predicted octanol–water partition coefficient (Wildman–Crippen LogP) is 2.95. The zero-order valence-electron chi connectivity index (χ0n) is 15.0. The summed E-state index contributed by atoms with van der Waals surface area (Å²) in [4.78, 5) is 30.9. The average Bonchev–Trinajstić information content (AvgIpc) is 3.25. The minimum absolute atomic E-state index is 0.125. The molecule has 0 radical (unpaired) electrons. The predicted molar refractivity (Wildman–Crippen MR) is 88.7 cm³/mol. The van der Waals surface area contributed by atoms with Crippen LogP contribution in [0.5, 0.6) is 0 Å². The molecule has 158 valence electrons. The van der Waals surface area contributed by atoms with Crippen molar-refractivity contribution in [2.45, 2.75) is 25.4 Å². The molecule has 1 atom stereocenters. The highest BCUT2D eigenvalue weighted by atomic mass is 19.4. The number of hydrogen-bond donors (Lipinski definition) is 2. The Hall–Kier alpha value is -2.79. The lowest BCUT2D eigenvalue weighted by atomic mass is 10.0. The number of amides is 2. The Bertz CT molecular complexity index is 950. The van der Waals surface area contributed by atoms with Gasteiger partial charge in [-0.1, -0.05) is 0 Å². The van der Waals surface area contributed by atoms with Crippen LogP contribution in [0.25, 0.3) is 10.9 Å². The first kappa shape index (κ1) is 20.9. The first-order chi connectivity index (χ1) is 13.4. The van der Waals surface area contributed by atoms with E-state index in [-0.39, 0.29) is 30.7 Å². The number of rotatable bonds is 4. The number of hydrogen-bond acceptors (Lipinski definition) is 3. The van der Waals surface area contributed by atoms with Gasteiger partial charge in [0.25, 0.3) is 5.91 Å². The van der Waals surface area contributed by atoms with E-state index in [4.69, 9.17) is 0 Å². The number of carbonyl (C=O) groups is 2. The fourth-order valence-corrected chi connectivity index (χ4v) is 3.15. The standard InChI is InChI=1S/C17H16F6N4O2/c1-16(19,20)8-2-3-27(7-8)12(28)6-25-15(29)10-4-9-11(26-10)5-24-14(13(9)18)17(21,22)23/h4-5,8,26H,2-3,6-7H2,1H3,(H,25,29). The molecule has 6 nitrogen and oxygen atoms in total. The number of nitrogens with one attached hydrogen (secondary N) is 2. The molecule has 0 saturated carbocycles. The fourth-order valence-electron chi connectivity index (χ4n) is 3.15. The maximum atomic E-state index is 14.0. The lowest BCUT2D eigenvalue weighted by Gasteiger charge is -2.20. The molecule has 1 aliphatic rings. The largest absolute Gasteiger partial charge is 0.436 e. The van der Waals surface area contributed by atoms with Crippen molar-refractivity contribution >= 4 is 22.7 Å². The van der Waals surface area contributed by atoms with Crippen LogP contribution >= 0.6 is 0 Å². The molecule has 0 aliphatic carbocycles. The molecule has 2 amide bonds. The van der Waals surface area contributed by atoms with Crippen LogP contribution in [0, 0.1) is 11.7 Å². The van der Waals surface area contributed by atoms with Crippen molar-refractivity contribution in [3.05, 3.63) is 29.5 Å². The monoisotopic (exact) mass is 422 g/mol. The van der Waals surface area contributed by atoms with Crippen LogP contribution in [0.3, 0.4) is 0 Å². The first-order valence-electron chi connectivity index (χ1n) is 8.56. The zero-order valence-corrected chi connectivity index (χ0v) is 15.0. The van der Waals surface area contributed by atoms with Gasteiger partial charge in [0.05, 0.1) is 18.3 Å². The van der Waals surface area contributed by atoms with Crippen molar-refractivity contribution in [1.29, 1.82) is 0 Å². The number of alkyl halides is 5. The Morgan fingerprint density at radius 3 is 2.59 bits per heavy atom. The van der Waals surface area contributed by atoms with Gasteiger partial charge in [0.15, 0.2) is 11.5 Å². The van der Waals surface area contributed by atoms with Crippen LogP contribution in [0.1, 0.15) is 29.5 Å². The minimum Gasteiger partial charge on any atom is -0.349 e. The van der Waals surface area contributed by atoms with Crippen LogP contribution in [0.2, 0.25) is 0 Å². The normalized spacial score (nSPS) is 17.8. The molecule has 1 aliphatic heterocycles. The summed E-state index contributed by atoms with van der Waals surface area (Å²) in [5.41, 5.74) is -2.10. The second-order valence-corrected chi connectivity index (χ2v) is 6.89. The molecule has 12 heteroatoms. The van der Waals surface area contributed by atoms with Crippen LogP contribution in [-0.2, 0) is 11.0 Å². The molecule has 0 bridgehead atoms. The third-order valence-corrected chi connectivity index (χ3v) is 4.79. The maximum Gasteiger partial charge on any atom is 0.436 e. The van der Waals surface area contributed by atoms with E-state index in [0.717, 1.165) is 19.2 Å². The molecule has 1 unspecified atom stereocenters. The number of halogens is 6. The summed E-state index contributed by atoms with van der Waals surface area (Å²) in [6.45, 7) is 0.278. The summed E-state index contributed by atoms with van der Waals surface area (Å²) in [5, 5.41) is 1.76. The molecule has 2 aromatic rings. The van der Waals surface area contributed by atoms with Crippen LogP contribution in [0.4, 0.5) is 26.3 Å². The summed E-state index contributed by atoms with van der Waals surface area (Å²) in [6, 6.07) is 0.880. The van der Waals surface area contributed by atoms with Crippen molar-refractivity contribution in [2.75, 3.05) is 19.6 Å². The van der Waals surface area contributed by atoms with Gasteiger partial charge in [0.2, 0.25) is 11.8 Å². The summed E-state index contributed by atoms with van der Waals surface area (Å²) in [6.07, 6.45) is -4.11. The van der Waals surface area contributed by atoms with Crippen molar-refractivity contribution in [3.63, 3.8) is 0 Å². The van der Waals surface area contributed by atoms with Crippen molar-refractivity contribution in [2.24, 2.45) is 5.92 Å². The minimum atomic E-state index is -4.99. The molecule has 1 saturated heterocycles. The number of H-pyrrole nitrogens is 1. The Labute approximate surface area is 160 Å². The van der Waals surface area contributed by atoms with E-state index in [0.29, 0.717) is 0 Å². The number of likely N-dealkylation sites (tertiary alicyclic amines) is 1. The number of fused-ring (bicyclic) bond motifs is 1. The van der Waals surface area contributed by atoms with E-state index >= 15 is 0 Å². The fraction of sp³-hybridized carbons (Fsp3) is 0.471. The lowest BCUT2D eigenvalue weighted by Crippen LogP contribution is -2.40. The van der Waals surface area contributed by atoms with Crippen LogP contribution < -0.4 is 5.32 Å². The number of aromatic nitrogens is 2. The van der Waals surface area contributed by atoms with Gasteiger partial charge >= 0.3 is 6.18 Å². The zero-order chi connectivity index (χ0) is 21.6. The molecule has 0 aromatic carbocycles. The molecule has 29 heavy (non-hydrogen) atoms. The third-order valence-electron chi connectivity index (χ3n) is 4.79. The Kier molecular flexibility index (Phi) is 5.22. The summed E-state index contributed by atoms with van der Waals surface area (Å²) in [5.74, 6) is -6.94. The second kappa shape index (κ2) is 7.23. The van der Waals surface area contributed by atoms with Gasteiger partial charge in [-0.25, -0.2) is 18.2 Å². The Morgan fingerprint density at radius 2 is 2.00 bits per heavy atom. The molecule has 3 heterocycles. The van der Waals surface area contributed by atoms with E-state index in [1.165, 1.54) is 4.90 Å². The number of nitrogens with zero attached hydrogens (tertiary/aromatic N) is 2. The van der Waals surface area contributed by atoms with Gasteiger partial charge in [-0.3, -0.25) is 9.59 Å². The molecule has 1 fully saturated rings. The average molecular weight is 422 g/mol. The van der Waals surface area contributed by atoms with E-state index in [2.05, 4.69) is 15.3 Å². The van der Waals surface area contributed by atoms with Gasteiger partial charge in [0.1, 0.15) is 5.69 Å². The quantitative estimate of drug-likeness (QED) is 0.744. The van der Waals surface area contributed by atoms with E-state index in [1.54, 1.807) is 0 Å². The highest BCUT2D eigenvalue weighted by Gasteiger charge is 2.40.